The van der Waals surface area contributed by atoms with Crippen molar-refractivity contribution in [2.75, 3.05) is 16.2 Å². The molecule has 0 aliphatic carbocycles. The van der Waals surface area contributed by atoms with Gasteiger partial charge in [0.05, 0.1) is 10.6 Å². The van der Waals surface area contributed by atoms with Crippen molar-refractivity contribution in [1.82, 2.24) is 0 Å². The summed E-state index contributed by atoms with van der Waals surface area (Å²) in [5.74, 6) is -0.459. The molecule has 3 rings (SSSR count). The Kier molecular flexibility index (Phi) is 6.39. The predicted octanol–water partition coefficient (Wildman–Crippen LogP) is 4.94. The van der Waals surface area contributed by atoms with E-state index >= 15 is 0 Å². The zero-order chi connectivity index (χ0) is 20.1. The Balaban J connectivity index is 1.91. The Hall–Kier alpha value is -2.35. The van der Waals surface area contributed by atoms with E-state index in [1.165, 1.54) is 24.3 Å². The number of hydrogen-bond acceptors (Lipinski definition) is 3. The highest BCUT2D eigenvalue weighted by Crippen LogP contribution is 2.25. The molecule has 0 fully saturated rings. The standard InChI is InChI=1S/C20H16BrClN2O3S/c21-15-5-4-6-17(13-15)23-20(25)14-24(18-7-2-1-3-8-18)28(26,27)19-11-9-16(22)10-12-19/h1-13H,14H2,(H,23,25). The summed E-state index contributed by atoms with van der Waals surface area (Å²) in [6.45, 7) is -0.374. The summed E-state index contributed by atoms with van der Waals surface area (Å²) >= 11 is 9.21. The highest BCUT2D eigenvalue weighted by molar-refractivity contribution is 9.10. The summed E-state index contributed by atoms with van der Waals surface area (Å²) < 4.78 is 28.2. The Bertz CT molecular complexity index is 1070. The molecule has 0 aliphatic rings. The summed E-state index contributed by atoms with van der Waals surface area (Å²) in [7, 11) is -3.96. The molecule has 144 valence electrons. The minimum Gasteiger partial charge on any atom is -0.324 e. The molecule has 0 unspecified atom stereocenters. The molecule has 8 heteroatoms. The zero-order valence-corrected chi connectivity index (χ0v) is 17.7. The Morgan fingerprint density at radius 2 is 1.64 bits per heavy atom. The number of nitrogens with zero attached hydrogens (tertiary/aromatic N) is 1. The van der Waals surface area contributed by atoms with Crippen LogP contribution >= 0.6 is 27.5 Å². The van der Waals surface area contributed by atoms with E-state index in [2.05, 4.69) is 21.2 Å². The second-order valence-corrected chi connectivity index (χ2v) is 9.07. The summed E-state index contributed by atoms with van der Waals surface area (Å²) in [6.07, 6.45) is 0. The summed E-state index contributed by atoms with van der Waals surface area (Å²) in [5, 5.41) is 3.15. The van der Waals surface area contributed by atoms with Crippen molar-refractivity contribution < 1.29 is 13.2 Å². The fraction of sp³-hybridized carbons (Fsp3) is 0.0500. The minimum atomic E-state index is -3.96. The molecular formula is C20H16BrClN2O3S. The molecule has 0 radical (unpaired) electrons. The largest absolute Gasteiger partial charge is 0.324 e. The van der Waals surface area contributed by atoms with Gasteiger partial charge in [0, 0.05) is 15.2 Å². The highest BCUT2D eigenvalue weighted by Gasteiger charge is 2.27. The highest BCUT2D eigenvalue weighted by atomic mass is 79.9. The summed E-state index contributed by atoms with van der Waals surface area (Å²) in [6, 6.07) is 21.4. The third-order valence-corrected chi connectivity index (χ3v) is 6.37. The first-order valence-electron chi connectivity index (χ1n) is 8.25. The van der Waals surface area contributed by atoms with Crippen LogP contribution in [0.1, 0.15) is 0 Å². The van der Waals surface area contributed by atoms with Gasteiger partial charge in [-0.3, -0.25) is 9.10 Å². The quantitative estimate of drug-likeness (QED) is 0.545. The van der Waals surface area contributed by atoms with Gasteiger partial charge in [0.2, 0.25) is 5.91 Å². The number of rotatable bonds is 6. The average molecular weight is 480 g/mol. The lowest BCUT2D eigenvalue weighted by Crippen LogP contribution is -2.38. The summed E-state index contributed by atoms with van der Waals surface area (Å²) in [4.78, 5) is 12.6. The number of nitrogens with one attached hydrogen (secondary N) is 1. The van der Waals surface area contributed by atoms with Crippen molar-refractivity contribution in [2.24, 2.45) is 0 Å². The molecule has 0 aliphatic heterocycles. The van der Waals surface area contributed by atoms with Crippen molar-refractivity contribution in [1.29, 1.82) is 0 Å². The molecule has 0 saturated heterocycles. The van der Waals surface area contributed by atoms with Gasteiger partial charge in [-0.15, -0.1) is 0 Å². The van der Waals surface area contributed by atoms with Crippen LogP contribution < -0.4 is 9.62 Å². The van der Waals surface area contributed by atoms with Crippen molar-refractivity contribution in [3.05, 3.63) is 88.4 Å². The van der Waals surface area contributed by atoms with Gasteiger partial charge >= 0.3 is 0 Å². The van der Waals surface area contributed by atoms with Crippen LogP contribution in [0, 0.1) is 0 Å². The maximum Gasteiger partial charge on any atom is 0.264 e. The monoisotopic (exact) mass is 478 g/mol. The van der Waals surface area contributed by atoms with Crippen molar-refractivity contribution in [3.8, 4) is 0 Å². The van der Waals surface area contributed by atoms with E-state index in [-0.39, 0.29) is 11.4 Å². The van der Waals surface area contributed by atoms with Crippen molar-refractivity contribution in [2.45, 2.75) is 4.90 Å². The number of carbonyl (C=O) groups is 1. The lowest BCUT2D eigenvalue weighted by molar-refractivity contribution is -0.114. The van der Waals surface area contributed by atoms with Crippen LogP contribution in [0.5, 0.6) is 0 Å². The zero-order valence-electron chi connectivity index (χ0n) is 14.5. The molecule has 3 aromatic rings. The van der Waals surface area contributed by atoms with Crippen molar-refractivity contribution in [3.63, 3.8) is 0 Å². The Labute approximate surface area is 177 Å². The molecule has 0 heterocycles. The van der Waals surface area contributed by atoms with Crippen LogP contribution in [-0.4, -0.2) is 20.9 Å². The van der Waals surface area contributed by atoms with Gasteiger partial charge in [-0.25, -0.2) is 8.42 Å². The minimum absolute atomic E-state index is 0.0519. The number of carbonyl (C=O) groups excluding carboxylic acids is 1. The van der Waals surface area contributed by atoms with Crippen LogP contribution in [0.3, 0.4) is 0 Å². The lowest BCUT2D eigenvalue weighted by atomic mass is 10.3. The van der Waals surface area contributed by atoms with Crippen molar-refractivity contribution >= 4 is 54.8 Å². The van der Waals surface area contributed by atoms with E-state index in [0.29, 0.717) is 16.4 Å². The molecule has 28 heavy (non-hydrogen) atoms. The molecule has 5 nitrogen and oxygen atoms in total. The van der Waals surface area contributed by atoms with Crippen LogP contribution in [0.15, 0.2) is 88.2 Å². The van der Waals surface area contributed by atoms with Gasteiger partial charge in [0.1, 0.15) is 6.54 Å². The number of amides is 1. The molecule has 0 saturated carbocycles. The SMILES string of the molecule is O=C(CN(c1ccccc1)S(=O)(=O)c1ccc(Cl)cc1)Nc1cccc(Br)c1. The van der Waals surface area contributed by atoms with Gasteiger partial charge in [0.15, 0.2) is 0 Å². The molecule has 1 N–H and O–H groups in total. The van der Waals surface area contributed by atoms with Crippen LogP contribution in [0.25, 0.3) is 0 Å². The van der Waals surface area contributed by atoms with Crippen LogP contribution in [-0.2, 0) is 14.8 Å². The smallest absolute Gasteiger partial charge is 0.264 e. The molecule has 3 aromatic carbocycles. The number of sulfonamides is 1. The van der Waals surface area contributed by atoms with Gasteiger partial charge in [-0.1, -0.05) is 51.8 Å². The average Bonchev–Trinajstić information content (AvgIpc) is 2.67. The number of benzene rings is 3. The summed E-state index contributed by atoms with van der Waals surface area (Å²) in [5.41, 5.74) is 0.957. The van der Waals surface area contributed by atoms with Crippen LogP contribution in [0.2, 0.25) is 5.02 Å². The third kappa shape index (κ3) is 4.92. The first kappa shape index (κ1) is 20.4. The van der Waals surface area contributed by atoms with Gasteiger partial charge < -0.3 is 5.32 Å². The molecular weight excluding hydrogens is 464 g/mol. The maximum absolute atomic E-state index is 13.2. The molecule has 0 aromatic heterocycles. The Morgan fingerprint density at radius 1 is 0.964 bits per heavy atom. The normalized spacial score (nSPS) is 11.1. The van der Waals surface area contributed by atoms with E-state index in [1.54, 1.807) is 48.5 Å². The van der Waals surface area contributed by atoms with E-state index in [1.807, 2.05) is 6.07 Å². The lowest BCUT2D eigenvalue weighted by Gasteiger charge is -2.24. The van der Waals surface area contributed by atoms with Gasteiger partial charge in [-0.05, 0) is 54.6 Å². The first-order valence-corrected chi connectivity index (χ1v) is 10.9. The Morgan fingerprint density at radius 3 is 2.29 bits per heavy atom. The second kappa shape index (κ2) is 8.77. The number of hydrogen-bond donors (Lipinski definition) is 1. The number of halogens is 2. The van der Waals surface area contributed by atoms with Crippen LogP contribution in [0.4, 0.5) is 11.4 Å². The fourth-order valence-corrected chi connectivity index (χ4v) is 4.49. The fourth-order valence-electron chi connectivity index (χ4n) is 2.54. The topological polar surface area (TPSA) is 66.5 Å². The molecule has 1 amide bonds. The molecule has 0 spiro atoms. The van der Waals surface area contributed by atoms with E-state index in [0.717, 1.165) is 8.78 Å². The van der Waals surface area contributed by atoms with Gasteiger partial charge in [-0.2, -0.15) is 0 Å². The number of anilines is 2. The van der Waals surface area contributed by atoms with E-state index in [4.69, 9.17) is 11.6 Å². The first-order chi connectivity index (χ1) is 13.4. The second-order valence-electron chi connectivity index (χ2n) is 5.86. The van der Waals surface area contributed by atoms with Gasteiger partial charge in [0.25, 0.3) is 10.0 Å². The predicted molar refractivity (Wildman–Crippen MR) is 115 cm³/mol. The number of para-hydroxylation sites is 1. The van der Waals surface area contributed by atoms with E-state index < -0.39 is 15.9 Å². The third-order valence-electron chi connectivity index (χ3n) is 3.84. The maximum atomic E-state index is 13.2. The molecule has 0 atom stereocenters. The van der Waals surface area contributed by atoms with E-state index in [9.17, 15) is 13.2 Å². The molecule has 0 bridgehead atoms.